The third kappa shape index (κ3) is 8.00. The predicted octanol–water partition coefficient (Wildman–Crippen LogP) is 3.96. The highest BCUT2D eigenvalue weighted by Gasteiger charge is 1.85. The van der Waals surface area contributed by atoms with E-state index >= 15 is 0 Å². The van der Waals surface area contributed by atoms with Gasteiger partial charge in [0.1, 0.15) is 0 Å². The van der Waals surface area contributed by atoms with Gasteiger partial charge >= 0.3 is 0 Å². The molecule has 0 amide bonds. The van der Waals surface area contributed by atoms with Crippen molar-refractivity contribution in [2.75, 3.05) is 0 Å². The fraction of sp³-hybridized carbons (Fsp3) is 0.900. The number of rotatable bonds is 7. The SMILES string of the molecule is C[CH-]CCCCCCCC. The average molecular weight is 141 g/mol. The van der Waals surface area contributed by atoms with Crippen LogP contribution in [0, 0.1) is 6.42 Å². The fourth-order valence-corrected chi connectivity index (χ4v) is 1.13. The number of hydrogen-bond donors (Lipinski definition) is 0. The quantitative estimate of drug-likeness (QED) is 0.372. The van der Waals surface area contributed by atoms with Crippen molar-refractivity contribution in [3.05, 3.63) is 6.42 Å². The highest BCUT2D eigenvalue weighted by Crippen LogP contribution is 2.07. The summed E-state index contributed by atoms with van der Waals surface area (Å²) in [7, 11) is 0. The van der Waals surface area contributed by atoms with Crippen LogP contribution < -0.4 is 0 Å². The molecule has 0 aromatic carbocycles. The molecule has 0 fully saturated rings. The van der Waals surface area contributed by atoms with Gasteiger partial charge in [-0.15, -0.1) is 0 Å². The minimum atomic E-state index is 1.31. The maximum absolute atomic E-state index is 2.26. The van der Waals surface area contributed by atoms with Gasteiger partial charge in [-0.2, -0.15) is 13.3 Å². The lowest BCUT2D eigenvalue weighted by atomic mass is 10.1. The van der Waals surface area contributed by atoms with Crippen molar-refractivity contribution in [2.45, 2.75) is 58.8 Å². The minimum Gasteiger partial charge on any atom is -0.332 e. The Balaban J connectivity index is 2.65. The molecule has 10 heavy (non-hydrogen) atoms. The molecule has 0 heteroatoms. The minimum absolute atomic E-state index is 1.31. The van der Waals surface area contributed by atoms with Crippen molar-refractivity contribution >= 4 is 0 Å². The van der Waals surface area contributed by atoms with Crippen LogP contribution in [-0.2, 0) is 0 Å². The molecule has 0 aliphatic carbocycles. The zero-order valence-electron chi connectivity index (χ0n) is 7.53. The van der Waals surface area contributed by atoms with E-state index in [2.05, 4.69) is 20.3 Å². The third-order valence-corrected chi connectivity index (χ3v) is 1.85. The Kier molecular flexibility index (Phi) is 9.00. The summed E-state index contributed by atoms with van der Waals surface area (Å²) < 4.78 is 0. The van der Waals surface area contributed by atoms with Crippen LogP contribution in [0.3, 0.4) is 0 Å². The maximum Gasteiger partial charge on any atom is -0.0533 e. The Morgan fingerprint density at radius 2 is 1.50 bits per heavy atom. The average Bonchev–Trinajstić information content (AvgIpc) is 1.97. The van der Waals surface area contributed by atoms with Crippen molar-refractivity contribution in [1.82, 2.24) is 0 Å². The van der Waals surface area contributed by atoms with Gasteiger partial charge in [-0.3, -0.25) is 0 Å². The zero-order valence-corrected chi connectivity index (χ0v) is 7.53. The first-order valence-electron chi connectivity index (χ1n) is 4.69. The molecule has 0 aliphatic rings. The van der Waals surface area contributed by atoms with Gasteiger partial charge in [0.2, 0.25) is 0 Å². The third-order valence-electron chi connectivity index (χ3n) is 1.85. The molecule has 0 radical (unpaired) electrons. The van der Waals surface area contributed by atoms with Crippen LogP contribution in [0.15, 0.2) is 0 Å². The highest BCUT2D eigenvalue weighted by molar-refractivity contribution is 4.55. The van der Waals surface area contributed by atoms with E-state index in [0.717, 1.165) is 0 Å². The Morgan fingerprint density at radius 1 is 0.900 bits per heavy atom. The molecule has 0 atom stereocenters. The van der Waals surface area contributed by atoms with E-state index in [9.17, 15) is 0 Å². The molecule has 0 aliphatic heterocycles. The van der Waals surface area contributed by atoms with Gasteiger partial charge < -0.3 is 6.42 Å². The standard InChI is InChI=1S/C10H21/c1-3-5-7-9-10-8-6-4-2/h3H,4-10H2,1-2H3/q-1. The van der Waals surface area contributed by atoms with Crippen LogP contribution in [0.2, 0.25) is 0 Å². The van der Waals surface area contributed by atoms with Crippen molar-refractivity contribution in [3.63, 3.8) is 0 Å². The molecule has 62 valence electrons. The summed E-state index contributed by atoms with van der Waals surface area (Å²) in [5, 5.41) is 0. The second-order valence-electron chi connectivity index (χ2n) is 2.96. The topological polar surface area (TPSA) is 0 Å². The Bertz CT molecular complexity index is 40.0. The fourth-order valence-electron chi connectivity index (χ4n) is 1.13. The van der Waals surface area contributed by atoms with Crippen LogP contribution in [0.5, 0.6) is 0 Å². The monoisotopic (exact) mass is 141 g/mol. The number of hydrogen-bond acceptors (Lipinski definition) is 0. The smallest absolute Gasteiger partial charge is 0.0533 e. The molecule has 0 unspecified atom stereocenters. The van der Waals surface area contributed by atoms with Crippen molar-refractivity contribution in [2.24, 2.45) is 0 Å². The van der Waals surface area contributed by atoms with Crippen LogP contribution in [0.4, 0.5) is 0 Å². The zero-order chi connectivity index (χ0) is 7.66. The lowest BCUT2D eigenvalue weighted by Crippen LogP contribution is -1.78. The summed E-state index contributed by atoms with van der Waals surface area (Å²) in [5.74, 6) is 0. The van der Waals surface area contributed by atoms with E-state index in [1.54, 1.807) is 0 Å². The van der Waals surface area contributed by atoms with Crippen LogP contribution >= 0.6 is 0 Å². The molecule has 0 spiro atoms. The molecule has 0 saturated carbocycles. The van der Waals surface area contributed by atoms with Crippen molar-refractivity contribution in [3.8, 4) is 0 Å². The van der Waals surface area contributed by atoms with Gasteiger partial charge in [0.25, 0.3) is 0 Å². The van der Waals surface area contributed by atoms with Gasteiger partial charge in [-0.1, -0.05) is 45.4 Å². The normalized spacial score (nSPS) is 10.2. The summed E-state index contributed by atoms with van der Waals surface area (Å²) in [6, 6.07) is 0. The van der Waals surface area contributed by atoms with Crippen molar-refractivity contribution in [1.29, 1.82) is 0 Å². The molecular weight excluding hydrogens is 120 g/mol. The van der Waals surface area contributed by atoms with Gasteiger partial charge in [-0.25, -0.2) is 0 Å². The molecule has 0 aromatic heterocycles. The Morgan fingerprint density at radius 3 is 2.10 bits per heavy atom. The lowest BCUT2D eigenvalue weighted by molar-refractivity contribution is 0.605. The second-order valence-corrected chi connectivity index (χ2v) is 2.96. The number of unbranched alkanes of at least 4 members (excludes halogenated alkanes) is 7. The van der Waals surface area contributed by atoms with Gasteiger partial charge in [0, 0.05) is 0 Å². The first-order valence-corrected chi connectivity index (χ1v) is 4.69. The molecule has 0 bridgehead atoms. The second kappa shape index (κ2) is 9.00. The van der Waals surface area contributed by atoms with Gasteiger partial charge in [0.15, 0.2) is 0 Å². The summed E-state index contributed by atoms with van der Waals surface area (Å²) in [4.78, 5) is 0. The Labute approximate surface area is 66.0 Å². The summed E-state index contributed by atoms with van der Waals surface area (Å²) in [6.07, 6.45) is 12.1. The van der Waals surface area contributed by atoms with Crippen LogP contribution in [0.25, 0.3) is 0 Å². The van der Waals surface area contributed by atoms with E-state index in [-0.39, 0.29) is 0 Å². The molecular formula is C10H21-. The lowest BCUT2D eigenvalue weighted by Gasteiger charge is -2.02. The summed E-state index contributed by atoms with van der Waals surface area (Å²) in [6.45, 7) is 4.41. The first kappa shape index (κ1) is 10.0. The van der Waals surface area contributed by atoms with Gasteiger partial charge in [-0.05, 0) is 0 Å². The molecule has 0 nitrogen and oxygen atoms in total. The van der Waals surface area contributed by atoms with E-state index in [1.807, 2.05) is 0 Å². The van der Waals surface area contributed by atoms with Gasteiger partial charge in [0.05, 0.1) is 0 Å². The molecule has 0 N–H and O–H groups in total. The highest BCUT2D eigenvalue weighted by atomic mass is 13.9. The first-order chi connectivity index (χ1) is 4.91. The van der Waals surface area contributed by atoms with Crippen molar-refractivity contribution < 1.29 is 0 Å². The Hall–Kier alpha value is 0. The summed E-state index contributed by atoms with van der Waals surface area (Å²) in [5.41, 5.74) is 0. The van der Waals surface area contributed by atoms with E-state index < -0.39 is 0 Å². The van der Waals surface area contributed by atoms with Crippen LogP contribution in [0.1, 0.15) is 58.8 Å². The molecule has 0 aromatic rings. The molecule has 0 heterocycles. The summed E-state index contributed by atoms with van der Waals surface area (Å²) >= 11 is 0. The van der Waals surface area contributed by atoms with E-state index in [4.69, 9.17) is 0 Å². The predicted molar refractivity (Wildman–Crippen MR) is 48.0 cm³/mol. The van der Waals surface area contributed by atoms with E-state index in [0.29, 0.717) is 0 Å². The maximum atomic E-state index is 2.26. The molecule has 0 rings (SSSR count). The molecule has 0 saturated heterocycles. The largest absolute Gasteiger partial charge is 0.332 e. The van der Waals surface area contributed by atoms with Crippen LogP contribution in [-0.4, -0.2) is 0 Å². The van der Waals surface area contributed by atoms with E-state index in [1.165, 1.54) is 44.9 Å².